The zero-order valence-corrected chi connectivity index (χ0v) is 15.1. The van der Waals surface area contributed by atoms with Gasteiger partial charge in [0.15, 0.2) is 5.82 Å². The van der Waals surface area contributed by atoms with Gasteiger partial charge in [0, 0.05) is 53.3 Å². The van der Waals surface area contributed by atoms with Crippen LogP contribution in [0.2, 0.25) is 0 Å². The summed E-state index contributed by atoms with van der Waals surface area (Å²) in [6.45, 7) is 0. The molecule has 2 aromatic carbocycles. The first-order valence-electron chi connectivity index (χ1n) is 9.26. The molecule has 6 nitrogen and oxygen atoms in total. The van der Waals surface area contributed by atoms with Gasteiger partial charge in [0.25, 0.3) is 0 Å². The number of benzene rings is 2. The van der Waals surface area contributed by atoms with Gasteiger partial charge in [-0.2, -0.15) is 0 Å². The van der Waals surface area contributed by atoms with Gasteiger partial charge in [0.05, 0.1) is 5.69 Å². The van der Waals surface area contributed by atoms with Gasteiger partial charge in [-0.15, -0.1) is 0 Å². The van der Waals surface area contributed by atoms with Crippen LogP contribution in [-0.4, -0.2) is 9.97 Å². The molecule has 0 amide bonds. The Bertz CT molecular complexity index is 961. The van der Waals surface area contributed by atoms with E-state index in [0.29, 0.717) is 5.82 Å². The standard InChI is InChI=1S/C22H20N6/c1-2-6-16(20-24-11-12-25-20)15(5-1)19-9-10-23-22(28-19)18-8-4-3-7-17(18)21-26-13-14-27-21/h1-14,20-21,24-27H. The van der Waals surface area contributed by atoms with E-state index in [1.54, 1.807) is 0 Å². The maximum Gasteiger partial charge on any atom is 0.160 e. The largest absolute Gasteiger partial charge is 0.366 e. The van der Waals surface area contributed by atoms with Crippen LogP contribution in [0, 0.1) is 0 Å². The molecule has 6 heteroatoms. The van der Waals surface area contributed by atoms with E-state index in [2.05, 4.69) is 50.5 Å². The third-order valence-corrected chi connectivity index (χ3v) is 4.93. The zero-order valence-electron chi connectivity index (χ0n) is 15.1. The van der Waals surface area contributed by atoms with E-state index in [-0.39, 0.29) is 12.3 Å². The minimum atomic E-state index is 0.0219. The molecule has 0 unspecified atom stereocenters. The summed E-state index contributed by atoms with van der Waals surface area (Å²) in [4.78, 5) is 9.48. The highest BCUT2D eigenvalue weighted by molar-refractivity contribution is 5.68. The number of nitrogens with zero attached hydrogens (tertiary/aromatic N) is 2. The summed E-state index contributed by atoms with van der Waals surface area (Å²) in [6.07, 6.45) is 9.54. The third kappa shape index (κ3) is 2.95. The van der Waals surface area contributed by atoms with Crippen LogP contribution in [-0.2, 0) is 0 Å². The van der Waals surface area contributed by atoms with Crippen LogP contribution in [0.15, 0.2) is 85.6 Å². The van der Waals surface area contributed by atoms with Crippen LogP contribution in [0.1, 0.15) is 23.5 Å². The summed E-state index contributed by atoms with van der Waals surface area (Å²) >= 11 is 0. The van der Waals surface area contributed by atoms with Crippen molar-refractivity contribution in [2.45, 2.75) is 12.3 Å². The van der Waals surface area contributed by atoms with Crippen molar-refractivity contribution in [3.05, 3.63) is 96.7 Å². The van der Waals surface area contributed by atoms with Crippen molar-refractivity contribution in [1.29, 1.82) is 0 Å². The second kappa shape index (κ2) is 7.08. The van der Waals surface area contributed by atoms with Crippen molar-refractivity contribution in [3.8, 4) is 22.6 Å². The number of nitrogens with one attached hydrogen (secondary N) is 4. The van der Waals surface area contributed by atoms with Gasteiger partial charge in [0.1, 0.15) is 12.3 Å². The van der Waals surface area contributed by atoms with E-state index in [1.165, 1.54) is 0 Å². The van der Waals surface area contributed by atoms with Crippen LogP contribution < -0.4 is 21.3 Å². The average Bonchev–Trinajstić information content (AvgIpc) is 3.48. The molecule has 0 aliphatic carbocycles. The van der Waals surface area contributed by atoms with Crippen LogP contribution >= 0.6 is 0 Å². The molecule has 3 aromatic rings. The predicted molar refractivity (Wildman–Crippen MR) is 109 cm³/mol. The molecule has 3 heterocycles. The van der Waals surface area contributed by atoms with Gasteiger partial charge >= 0.3 is 0 Å². The minimum Gasteiger partial charge on any atom is -0.366 e. The molecule has 28 heavy (non-hydrogen) atoms. The van der Waals surface area contributed by atoms with Crippen molar-refractivity contribution in [2.24, 2.45) is 0 Å². The topological polar surface area (TPSA) is 73.9 Å². The lowest BCUT2D eigenvalue weighted by molar-refractivity contribution is 0.608. The Hall–Kier alpha value is -3.80. The molecule has 5 rings (SSSR count). The van der Waals surface area contributed by atoms with Gasteiger partial charge < -0.3 is 21.3 Å². The van der Waals surface area contributed by atoms with Crippen molar-refractivity contribution in [3.63, 3.8) is 0 Å². The minimum absolute atomic E-state index is 0.0219. The first-order valence-corrected chi connectivity index (χ1v) is 9.26. The quantitative estimate of drug-likeness (QED) is 0.567. The molecule has 1 aromatic heterocycles. The van der Waals surface area contributed by atoms with E-state index in [9.17, 15) is 0 Å². The van der Waals surface area contributed by atoms with Gasteiger partial charge in [0.2, 0.25) is 0 Å². The summed E-state index contributed by atoms with van der Waals surface area (Å²) in [6, 6.07) is 18.5. The molecule has 0 saturated heterocycles. The lowest BCUT2D eigenvalue weighted by Crippen LogP contribution is -2.22. The van der Waals surface area contributed by atoms with Crippen LogP contribution in [0.25, 0.3) is 22.6 Å². The highest BCUT2D eigenvalue weighted by atomic mass is 15.2. The maximum atomic E-state index is 4.91. The fraction of sp³-hybridized carbons (Fsp3) is 0.0909. The highest BCUT2D eigenvalue weighted by Crippen LogP contribution is 2.30. The predicted octanol–water partition coefficient (Wildman–Crippen LogP) is 3.14. The van der Waals surface area contributed by atoms with Crippen LogP contribution in [0.3, 0.4) is 0 Å². The molecular formula is C22H20N6. The van der Waals surface area contributed by atoms with Gasteiger partial charge in [-0.3, -0.25) is 0 Å². The first kappa shape index (κ1) is 16.4. The van der Waals surface area contributed by atoms with Crippen molar-refractivity contribution >= 4 is 0 Å². The van der Waals surface area contributed by atoms with Gasteiger partial charge in [-0.1, -0.05) is 48.5 Å². The van der Waals surface area contributed by atoms with Gasteiger partial charge in [-0.25, -0.2) is 9.97 Å². The molecule has 0 bridgehead atoms. The maximum absolute atomic E-state index is 4.91. The summed E-state index contributed by atoms with van der Waals surface area (Å²) in [5, 5.41) is 13.2. The van der Waals surface area contributed by atoms with Crippen LogP contribution in [0.4, 0.5) is 0 Å². The van der Waals surface area contributed by atoms with E-state index in [0.717, 1.165) is 27.9 Å². The Morgan fingerprint density at radius 2 is 1.14 bits per heavy atom. The SMILES string of the molecule is C1=CNC(c2ccccc2-c2ccnc(-c3ccccc3C3NC=CN3)n2)N1. The molecule has 0 fully saturated rings. The molecule has 0 radical (unpaired) electrons. The van der Waals surface area contributed by atoms with E-state index < -0.39 is 0 Å². The van der Waals surface area contributed by atoms with E-state index in [1.807, 2.05) is 61.3 Å². The van der Waals surface area contributed by atoms with Crippen LogP contribution in [0.5, 0.6) is 0 Å². The second-order valence-electron chi connectivity index (χ2n) is 6.64. The Labute approximate surface area is 163 Å². The summed E-state index contributed by atoms with van der Waals surface area (Å²) in [5.41, 5.74) is 5.25. The number of rotatable bonds is 4. The molecule has 2 aliphatic rings. The van der Waals surface area contributed by atoms with Gasteiger partial charge in [-0.05, 0) is 6.07 Å². The Morgan fingerprint density at radius 3 is 1.79 bits per heavy atom. The lowest BCUT2D eigenvalue weighted by atomic mass is 10.0. The Kier molecular flexibility index (Phi) is 4.14. The summed E-state index contributed by atoms with van der Waals surface area (Å²) in [7, 11) is 0. The summed E-state index contributed by atoms with van der Waals surface area (Å²) in [5.74, 6) is 0.712. The monoisotopic (exact) mass is 368 g/mol. The van der Waals surface area contributed by atoms with Crippen molar-refractivity contribution in [2.75, 3.05) is 0 Å². The molecular weight excluding hydrogens is 348 g/mol. The number of hydrogen-bond donors (Lipinski definition) is 4. The fourth-order valence-electron chi connectivity index (χ4n) is 3.61. The zero-order chi connectivity index (χ0) is 18.8. The smallest absolute Gasteiger partial charge is 0.160 e. The van der Waals surface area contributed by atoms with Crippen molar-refractivity contribution in [1.82, 2.24) is 31.2 Å². The van der Waals surface area contributed by atoms with E-state index >= 15 is 0 Å². The molecule has 0 atom stereocenters. The molecule has 0 saturated carbocycles. The highest BCUT2D eigenvalue weighted by Gasteiger charge is 2.19. The lowest BCUT2D eigenvalue weighted by Gasteiger charge is -2.18. The number of hydrogen-bond acceptors (Lipinski definition) is 6. The molecule has 0 spiro atoms. The Balaban J connectivity index is 1.56. The second-order valence-corrected chi connectivity index (χ2v) is 6.64. The van der Waals surface area contributed by atoms with E-state index in [4.69, 9.17) is 4.98 Å². The Morgan fingerprint density at radius 1 is 0.607 bits per heavy atom. The molecule has 138 valence electrons. The third-order valence-electron chi connectivity index (χ3n) is 4.93. The average molecular weight is 368 g/mol. The number of aromatic nitrogens is 2. The fourth-order valence-corrected chi connectivity index (χ4v) is 3.61. The first-order chi connectivity index (χ1) is 13.9. The normalized spacial score (nSPS) is 15.7. The summed E-state index contributed by atoms with van der Waals surface area (Å²) < 4.78 is 0. The molecule has 2 aliphatic heterocycles. The molecule has 4 N–H and O–H groups in total. The van der Waals surface area contributed by atoms with Crippen molar-refractivity contribution < 1.29 is 0 Å².